The number of aromatic nitrogens is 5. The van der Waals surface area contributed by atoms with Gasteiger partial charge in [0.25, 0.3) is 0 Å². The third-order valence-electron chi connectivity index (χ3n) is 4.55. The summed E-state index contributed by atoms with van der Waals surface area (Å²) in [5.74, 6) is 0.423. The Hall–Kier alpha value is -3.85. The van der Waals surface area contributed by atoms with Crippen molar-refractivity contribution in [2.45, 2.75) is 6.54 Å². The van der Waals surface area contributed by atoms with Crippen molar-refractivity contribution < 1.29 is 4.39 Å². The molecule has 0 atom stereocenters. The maximum Gasteiger partial charge on any atom is 0.225 e. The van der Waals surface area contributed by atoms with Gasteiger partial charge in [-0.2, -0.15) is 4.98 Å². The molecule has 5 rings (SSSR count). The van der Waals surface area contributed by atoms with Crippen LogP contribution in [0.15, 0.2) is 66.3 Å². The Balaban J connectivity index is 1.63. The van der Waals surface area contributed by atoms with Gasteiger partial charge in [0, 0.05) is 18.9 Å². The number of nitrogens with one attached hydrogen (secondary N) is 1. The maximum atomic E-state index is 13.7. The number of thiophene rings is 1. The molecule has 0 spiro atoms. The molecule has 0 fully saturated rings. The first-order valence-corrected chi connectivity index (χ1v) is 10.1. The first kappa shape index (κ1) is 18.2. The Morgan fingerprint density at radius 1 is 1.10 bits per heavy atom. The van der Waals surface area contributed by atoms with Gasteiger partial charge in [-0.05, 0) is 41.3 Å². The molecule has 30 heavy (non-hydrogen) atoms. The zero-order valence-corrected chi connectivity index (χ0v) is 16.5. The number of nitrogens with zero attached hydrogens (tertiary/aromatic N) is 5. The molecule has 4 heterocycles. The van der Waals surface area contributed by atoms with Gasteiger partial charge >= 0.3 is 0 Å². The number of fused-ring (bicyclic) bond motifs is 1. The summed E-state index contributed by atoms with van der Waals surface area (Å²) < 4.78 is 15.2. The van der Waals surface area contributed by atoms with Crippen molar-refractivity contribution in [3.8, 4) is 16.3 Å². The van der Waals surface area contributed by atoms with Gasteiger partial charge in [-0.3, -0.25) is 4.98 Å². The van der Waals surface area contributed by atoms with Gasteiger partial charge in [0.15, 0.2) is 5.65 Å². The number of pyridine rings is 1. The maximum absolute atomic E-state index is 13.7. The minimum atomic E-state index is -0.366. The fourth-order valence-electron chi connectivity index (χ4n) is 3.17. The summed E-state index contributed by atoms with van der Waals surface area (Å²) in [7, 11) is 0. The van der Waals surface area contributed by atoms with Crippen LogP contribution in [-0.2, 0) is 6.54 Å². The zero-order chi connectivity index (χ0) is 20.5. The Labute approximate surface area is 175 Å². The third kappa shape index (κ3) is 3.35. The quantitative estimate of drug-likeness (QED) is 0.443. The van der Waals surface area contributed by atoms with E-state index in [0.29, 0.717) is 40.7 Å². The summed E-state index contributed by atoms with van der Waals surface area (Å²) in [4.78, 5) is 14.3. The number of hydrogen-bond acceptors (Lipinski definition) is 7. The van der Waals surface area contributed by atoms with Gasteiger partial charge in [0.2, 0.25) is 5.95 Å². The largest absolute Gasteiger partial charge is 0.383 e. The predicted molar refractivity (Wildman–Crippen MR) is 116 cm³/mol. The molecule has 7 nitrogen and oxygen atoms in total. The number of hydrogen-bond donors (Lipinski definition) is 2. The third-order valence-corrected chi connectivity index (χ3v) is 5.43. The molecule has 4 aromatic heterocycles. The molecule has 0 aliphatic carbocycles. The first-order valence-electron chi connectivity index (χ1n) is 9.18. The van der Waals surface area contributed by atoms with Crippen molar-refractivity contribution in [3.63, 3.8) is 0 Å². The molecular weight excluding hydrogens is 401 g/mol. The molecule has 0 radical (unpaired) electrons. The molecule has 5 aromatic rings. The number of rotatable bonds is 5. The van der Waals surface area contributed by atoms with E-state index in [1.54, 1.807) is 35.9 Å². The molecule has 9 heteroatoms. The van der Waals surface area contributed by atoms with Crippen molar-refractivity contribution in [2.24, 2.45) is 0 Å². The molecule has 0 saturated carbocycles. The molecule has 0 saturated heterocycles. The minimum absolute atomic E-state index is 0.359. The molecule has 0 unspecified atom stereocenters. The summed E-state index contributed by atoms with van der Waals surface area (Å²) in [6.45, 7) is 0.517. The van der Waals surface area contributed by atoms with Crippen LogP contribution in [0.1, 0.15) is 5.56 Å². The van der Waals surface area contributed by atoms with Crippen LogP contribution in [0.3, 0.4) is 0 Å². The lowest BCUT2D eigenvalue weighted by atomic mass is 10.2. The molecule has 3 N–H and O–H groups in total. The van der Waals surface area contributed by atoms with E-state index in [9.17, 15) is 4.39 Å². The molecule has 0 aliphatic rings. The lowest BCUT2D eigenvalue weighted by molar-refractivity contribution is 0.625. The fourth-order valence-corrected chi connectivity index (χ4v) is 3.89. The lowest BCUT2D eigenvalue weighted by Gasteiger charge is -2.07. The SMILES string of the molecule is Nc1c2c(-c3cccs3)nc(NCc3cccnc3)nc2nn1-c1cccc(F)c1. The molecule has 1 aromatic carbocycles. The standard InChI is InChI=1S/C21H16FN7S/c22-14-5-1-6-15(10-14)29-19(23)17-18(16-7-3-9-30-16)26-21(27-20(17)28-29)25-12-13-4-2-8-24-11-13/h1-11H,12,23H2,(H,25,27,28). The zero-order valence-electron chi connectivity index (χ0n) is 15.7. The van der Waals surface area contributed by atoms with Crippen LogP contribution < -0.4 is 11.1 Å². The fraction of sp³-hybridized carbons (Fsp3) is 0.0476. The number of nitrogen functional groups attached to an aromatic ring is 1. The highest BCUT2D eigenvalue weighted by molar-refractivity contribution is 7.13. The van der Waals surface area contributed by atoms with E-state index >= 15 is 0 Å². The predicted octanol–water partition coefficient (Wildman–Crippen LogP) is 4.27. The Morgan fingerprint density at radius 2 is 2.03 bits per heavy atom. The van der Waals surface area contributed by atoms with E-state index in [-0.39, 0.29) is 5.82 Å². The monoisotopic (exact) mass is 417 g/mol. The lowest BCUT2D eigenvalue weighted by Crippen LogP contribution is -2.05. The Bertz CT molecular complexity index is 1320. The molecular formula is C21H16FN7S. The van der Waals surface area contributed by atoms with Gasteiger partial charge in [-0.15, -0.1) is 16.4 Å². The smallest absolute Gasteiger partial charge is 0.225 e. The molecule has 148 valence electrons. The normalized spacial score (nSPS) is 11.1. The summed E-state index contributed by atoms with van der Waals surface area (Å²) in [6.07, 6.45) is 3.51. The van der Waals surface area contributed by atoms with Crippen molar-refractivity contribution in [1.82, 2.24) is 24.7 Å². The van der Waals surface area contributed by atoms with Crippen LogP contribution in [0.4, 0.5) is 16.2 Å². The van der Waals surface area contributed by atoms with Crippen LogP contribution in [0.2, 0.25) is 0 Å². The van der Waals surface area contributed by atoms with Gasteiger partial charge in [0.1, 0.15) is 11.6 Å². The summed E-state index contributed by atoms with van der Waals surface area (Å²) in [5.41, 5.74) is 9.06. The number of halogens is 1. The molecule has 0 bridgehead atoms. The first-order chi connectivity index (χ1) is 14.7. The Kier molecular flexibility index (Phi) is 4.56. The van der Waals surface area contributed by atoms with E-state index in [4.69, 9.17) is 10.7 Å². The average Bonchev–Trinajstić information content (AvgIpc) is 3.41. The van der Waals surface area contributed by atoms with Gasteiger partial charge in [-0.1, -0.05) is 18.2 Å². The average molecular weight is 417 g/mol. The summed E-state index contributed by atoms with van der Waals surface area (Å²) in [6, 6.07) is 13.9. The second kappa shape index (κ2) is 7.53. The summed E-state index contributed by atoms with van der Waals surface area (Å²) >= 11 is 1.55. The number of benzene rings is 1. The van der Waals surface area contributed by atoms with Crippen LogP contribution in [-0.4, -0.2) is 24.7 Å². The highest BCUT2D eigenvalue weighted by atomic mass is 32.1. The van der Waals surface area contributed by atoms with E-state index < -0.39 is 0 Å². The van der Waals surface area contributed by atoms with Crippen molar-refractivity contribution in [2.75, 3.05) is 11.1 Å². The number of anilines is 2. The minimum Gasteiger partial charge on any atom is -0.383 e. The summed E-state index contributed by atoms with van der Waals surface area (Å²) in [5, 5.41) is 10.4. The van der Waals surface area contributed by atoms with Gasteiger partial charge in [-0.25, -0.2) is 14.1 Å². The highest BCUT2D eigenvalue weighted by Gasteiger charge is 2.20. The topological polar surface area (TPSA) is 94.5 Å². The van der Waals surface area contributed by atoms with Crippen molar-refractivity contribution >= 4 is 34.1 Å². The van der Waals surface area contributed by atoms with Gasteiger partial charge in [0.05, 0.1) is 21.6 Å². The molecule has 0 amide bonds. The van der Waals surface area contributed by atoms with Crippen LogP contribution in [0, 0.1) is 5.82 Å². The van der Waals surface area contributed by atoms with Crippen LogP contribution in [0.25, 0.3) is 27.3 Å². The van der Waals surface area contributed by atoms with E-state index in [1.165, 1.54) is 16.8 Å². The van der Waals surface area contributed by atoms with Crippen molar-refractivity contribution in [1.29, 1.82) is 0 Å². The second-order valence-electron chi connectivity index (χ2n) is 6.56. The van der Waals surface area contributed by atoms with Crippen LogP contribution in [0.5, 0.6) is 0 Å². The van der Waals surface area contributed by atoms with Gasteiger partial charge < -0.3 is 11.1 Å². The number of nitrogens with two attached hydrogens (primary N) is 1. The Morgan fingerprint density at radius 3 is 2.80 bits per heavy atom. The van der Waals surface area contributed by atoms with E-state index in [2.05, 4.69) is 20.4 Å². The second-order valence-corrected chi connectivity index (χ2v) is 7.51. The van der Waals surface area contributed by atoms with Crippen molar-refractivity contribution in [3.05, 3.63) is 77.7 Å². The van der Waals surface area contributed by atoms with Crippen LogP contribution >= 0.6 is 11.3 Å². The van der Waals surface area contributed by atoms with E-state index in [0.717, 1.165) is 10.4 Å². The molecule has 0 aliphatic heterocycles. The van der Waals surface area contributed by atoms with E-state index in [1.807, 2.05) is 29.6 Å². The highest BCUT2D eigenvalue weighted by Crippen LogP contribution is 2.34.